The van der Waals surface area contributed by atoms with E-state index < -0.39 is 9.73 Å². The van der Waals surface area contributed by atoms with Crippen LogP contribution in [0, 0.1) is 17.8 Å². The smallest absolute Gasteiger partial charge is 0.257 e. The minimum Gasteiger partial charge on any atom is -0.272 e. The molecule has 3 aromatic rings. The molecule has 5 rings (SSSR count). The van der Waals surface area contributed by atoms with Gasteiger partial charge in [-0.05, 0) is 55.7 Å². The second kappa shape index (κ2) is 7.02. The summed E-state index contributed by atoms with van der Waals surface area (Å²) < 4.78 is 19.9. The van der Waals surface area contributed by atoms with E-state index in [1.165, 1.54) is 6.33 Å². The number of amides is 1. The van der Waals surface area contributed by atoms with E-state index in [0.717, 1.165) is 42.3 Å². The van der Waals surface area contributed by atoms with Crippen molar-refractivity contribution in [3.63, 3.8) is 0 Å². The molecule has 0 aliphatic heterocycles. The molecule has 150 valence electrons. The lowest BCUT2D eigenvalue weighted by atomic mass is 9.76. The maximum Gasteiger partial charge on any atom is 0.257 e. The molecule has 0 bridgehead atoms. The molecule has 2 heterocycles. The van der Waals surface area contributed by atoms with Gasteiger partial charge in [0, 0.05) is 28.1 Å². The lowest BCUT2D eigenvalue weighted by molar-refractivity contribution is -0.125. The van der Waals surface area contributed by atoms with Crippen molar-refractivity contribution in [3.8, 4) is 5.69 Å². The van der Waals surface area contributed by atoms with Crippen molar-refractivity contribution >= 4 is 26.5 Å². The average molecular weight is 410 g/mol. The van der Waals surface area contributed by atoms with E-state index in [1.54, 1.807) is 17.1 Å². The summed E-state index contributed by atoms with van der Waals surface area (Å²) in [5, 5.41) is 5.40. The topological polar surface area (TPSA) is 90.1 Å². The molecule has 2 saturated carbocycles. The Morgan fingerprint density at radius 1 is 1.24 bits per heavy atom. The zero-order chi connectivity index (χ0) is 20.0. The minimum atomic E-state index is -2.78. The van der Waals surface area contributed by atoms with Crippen LogP contribution in [-0.4, -0.2) is 35.6 Å². The molecule has 2 fully saturated rings. The summed E-state index contributed by atoms with van der Waals surface area (Å²) in [4.78, 5) is 21.3. The van der Waals surface area contributed by atoms with Gasteiger partial charge in [0.2, 0.25) is 0 Å². The van der Waals surface area contributed by atoms with Gasteiger partial charge < -0.3 is 0 Å². The van der Waals surface area contributed by atoms with Crippen molar-refractivity contribution in [3.05, 3.63) is 43.1 Å². The molecule has 0 radical (unpaired) electrons. The highest BCUT2D eigenvalue weighted by molar-refractivity contribution is 7.94. The Labute approximate surface area is 169 Å². The summed E-state index contributed by atoms with van der Waals surface area (Å²) in [5.74, 6) is 1.18. The first kappa shape index (κ1) is 18.4. The van der Waals surface area contributed by atoms with Crippen LogP contribution in [0.15, 0.2) is 52.4 Å². The van der Waals surface area contributed by atoms with Crippen LogP contribution in [-0.2, 0) is 14.5 Å². The van der Waals surface area contributed by atoms with Gasteiger partial charge in [0.1, 0.15) is 12.0 Å². The van der Waals surface area contributed by atoms with Crippen LogP contribution in [0.5, 0.6) is 0 Å². The molecular weight excluding hydrogens is 386 g/mol. The van der Waals surface area contributed by atoms with Gasteiger partial charge in [-0.15, -0.1) is 0 Å². The molecule has 8 heteroatoms. The van der Waals surface area contributed by atoms with Crippen LogP contribution in [0.3, 0.4) is 0 Å². The Balaban J connectivity index is 1.53. The average Bonchev–Trinajstić information content (AvgIpc) is 3.39. The number of fused-ring (bicyclic) bond motifs is 1. The Kier molecular flexibility index (Phi) is 4.46. The maximum absolute atomic E-state index is 13.9. The molecule has 0 saturated heterocycles. The maximum atomic E-state index is 13.9. The zero-order valence-electron chi connectivity index (χ0n) is 16.3. The minimum absolute atomic E-state index is 0.0606. The van der Waals surface area contributed by atoms with Gasteiger partial charge >= 0.3 is 0 Å². The number of hydrogen-bond donors (Lipinski definition) is 0. The van der Waals surface area contributed by atoms with E-state index in [1.807, 2.05) is 24.4 Å². The van der Waals surface area contributed by atoms with Gasteiger partial charge in [0.15, 0.2) is 0 Å². The lowest BCUT2D eigenvalue weighted by Gasteiger charge is -2.29. The van der Waals surface area contributed by atoms with Crippen LogP contribution < -0.4 is 0 Å². The Morgan fingerprint density at radius 3 is 2.69 bits per heavy atom. The van der Waals surface area contributed by atoms with E-state index in [4.69, 9.17) is 0 Å². The molecule has 0 N–H and O–H groups in total. The first-order chi connectivity index (χ1) is 14.0. The molecule has 1 unspecified atom stereocenters. The number of carbonyl (C=O) groups is 1. The van der Waals surface area contributed by atoms with Gasteiger partial charge in [0.25, 0.3) is 5.91 Å². The third kappa shape index (κ3) is 3.69. The number of rotatable bonds is 5. The summed E-state index contributed by atoms with van der Waals surface area (Å²) in [7, 11) is -2.78. The molecular formula is C21H23N5O2S. The van der Waals surface area contributed by atoms with Gasteiger partial charge in [-0.3, -0.25) is 4.79 Å². The summed E-state index contributed by atoms with van der Waals surface area (Å²) in [6.07, 6.45) is 10.5. The fourth-order valence-electron chi connectivity index (χ4n) is 3.86. The van der Waals surface area contributed by atoms with E-state index in [-0.39, 0.29) is 11.8 Å². The van der Waals surface area contributed by atoms with Crippen molar-refractivity contribution in [1.29, 1.82) is 0 Å². The number of aromatic nitrogens is 4. The van der Waals surface area contributed by atoms with Crippen molar-refractivity contribution in [2.75, 3.05) is 5.75 Å². The summed E-state index contributed by atoms with van der Waals surface area (Å²) in [6, 6.07) is 5.53. The van der Waals surface area contributed by atoms with Crippen LogP contribution in [0.2, 0.25) is 0 Å². The molecule has 0 spiro atoms. The molecule has 1 aromatic carbocycles. The molecule has 29 heavy (non-hydrogen) atoms. The fourth-order valence-corrected chi connectivity index (χ4v) is 6.23. The predicted octanol–water partition coefficient (Wildman–Crippen LogP) is 3.63. The second-order valence-electron chi connectivity index (χ2n) is 8.34. The van der Waals surface area contributed by atoms with Gasteiger partial charge in [0.05, 0.1) is 27.6 Å². The van der Waals surface area contributed by atoms with Gasteiger partial charge in [-0.25, -0.2) is 18.9 Å². The lowest BCUT2D eigenvalue weighted by Crippen LogP contribution is -2.28. The van der Waals surface area contributed by atoms with E-state index in [0.29, 0.717) is 22.5 Å². The monoisotopic (exact) mass is 409 g/mol. The zero-order valence-corrected chi connectivity index (χ0v) is 17.1. The standard InChI is InChI=1S/C21H23N5O2S/c1-14-6-16(7-14)21(27)25-29(28,12-15-2-3-15)19-4-5-20-17(8-19)11-26(24-20)18-9-22-13-23-10-18/h4-5,8-11,13-16H,2-3,6-7,12H2,1H3. The Hall–Kier alpha value is -2.61. The molecule has 1 amide bonds. The fraction of sp³-hybridized carbons (Fsp3) is 0.429. The predicted molar refractivity (Wildman–Crippen MR) is 110 cm³/mol. The summed E-state index contributed by atoms with van der Waals surface area (Å²) >= 11 is 0. The third-order valence-electron chi connectivity index (χ3n) is 5.77. The highest BCUT2D eigenvalue weighted by Gasteiger charge is 2.34. The number of hydrogen-bond acceptors (Lipinski definition) is 5. The molecule has 7 nitrogen and oxygen atoms in total. The summed E-state index contributed by atoms with van der Waals surface area (Å²) in [6.45, 7) is 2.13. The van der Waals surface area contributed by atoms with E-state index in [2.05, 4.69) is 26.4 Å². The number of nitrogens with zero attached hydrogens (tertiary/aromatic N) is 5. The molecule has 2 aliphatic carbocycles. The van der Waals surface area contributed by atoms with E-state index in [9.17, 15) is 9.00 Å². The largest absolute Gasteiger partial charge is 0.272 e. The summed E-state index contributed by atoms with van der Waals surface area (Å²) in [5.41, 5.74) is 1.54. The normalized spacial score (nSPS) is 23.3. The highest BCUT2D eigenvalue weighted by atomic mass is 32.2. The molecule has 1 atom stereocenters. The van der Waals surface area contributed by atoms with Crippen LogP contribution in [0.25, 0.3) is 16.6 Å². The first-order valence-corrected chi connectivity index (χ1v) is 11.7. The quantitative estimate of drug-likeness (QED) is 0.642. The number of carbonyl (C=O) groups excluding carboxylic acids is 1. The Bertz CT molecular complexity index is 1190. The van der Waals surface area contributed by atoms with Crippen molar-refractivity contribution in [2.45, 2.75) is 37.5 Å². The Morgan fingerprint density at radius 2 is 2.00 bits per heavy atom. The van der Waals surface area contributed by atoms with Gasteiger partial charge in [-0.1, -0.05) is 6.92 Å². The molecule has 2 aliphatic rings. The SMILES string of the molecule is CC1CC(C(=O)N=S(=O)(CC2CC2)c2ccc3nn(-c4cncnc4)cc3c2)C1. The first-order valence-electron chi connectivity index (χ1n) is 10.0. The van der Waals surface area contributed by atoms with Crippen LogP contribution >= 0.6 is 0 Å². The second-order valence-corrected chi connectivity index (χ2v) is 10.6. The van der Waals surface area contributed by atoms with Crippen LogP contribution in [0.4, 0.5) is 0 Å². The van der Waals surface area contributed by atoms with Crippen molar-refractivity contribution in [1.82, 2.24) is 19.7 Å². The van der Waals surface area contributed by atoms with Crippen LogP contribution in [0.1, 0.15) is 32.6 Å². The van der Waals surface area contributed by atoms with Crippen molar-refractivity contribution in [2.24, 2.45) is 22.1 Å². The number of benzene rings is 1. The highest BCUT2D eigenvalue weighted by Crippen LogP contribution is 2.37. The van der Waals surface area contributed by atoms with E-state index >= 15 is 0 Å². The van der Waals surface area contributed by atoms with Crippen molar-refractivity contribution < 1.29 is 9.00 Å². The third-order valence-corrected chi connectivity index (χ3v) is 8.16. The van der Waals surface area contributed by atoms with Gasteiger partial charge in [-0.2, -0.15) is 9.46 Å². The molecule has 2 aromatic heterocycles.